The lowest BCUT2D eigenvalue weighted by Gasteiger charge is -2.28. The Bertz CT molecular complexity index is 2510. The number of ether oxygens (including phenoxy) is 1. The number of aliphatic hydroxyl groups excluding tert-OH is 2. The number of aromatic hydroxyl groups is 1. The van der Waals surface area contributed by atoms with Gasteiger partial charge in [-0.05, 0) is 108 Å². The standard InChI is InChI=1S/C55H96N18O16/c1-28(2)22-36(44(57)79)68-45(80)34(13-10-20-63-54(58)59)67-49(84)38(24-31-15-17-32(76)18-16-31)69-46(81)33(12-8-9-19-56)66-50(85)39(25-42(77)78)70-53(88)43(30(5)75)73-52(87)41(27-89-7)72-51(86)40(26-74)71-47(82)35(14-11-21-64-55(60)61)65-48(83)37(62-6)23-29(3)4/h15-18,28-30,33-41,43,62,74-76H,8-14,19-27,56H2,1-7H3,(H2,57,79)(H,65,83)(H,66,85)(H,67,84)(H,68,80)(H,69,81)(H,70,88)(H,71,82)(H,72,86)(H,73,87)(H,77,78)(H4,58,59,63)(H4,60,61,64)/t30-,33+,34+,35+,36+,37+,38+,39+,40+,41+,43+/m1/s1. The first-order valence-corrected chi connectivity index (χ1v) is 29.2. The summed E-state index contributed by atoms with van der Waals surface area (Å²) in [5.74, 6) is -12.5. The van der Waals surface area contributed by atoms with Crippen molar-refractivity contribution in [2.75, 3.05) is 47.0 Å². The summed E-state index contributed by atoms with van der Waals surface area (Å²) in [6.45, 7) is 7.15. The number of phenols is 1. The topological polar surface area (TPSA) is 574 Å². The third-order valence-corrected chi connectivity index (χ3v) is 13.4. The molecule has 34 heteroatoms. The van der Waals surface area contributed by atoms with Crippen LogP contribution in [-0.4, -0.2) is 211 Å². The zero-order valence-electron chi connectivity index (χ0n) is 51.6. The summed E-state index contributed by atoms with van der Waals surface area (Å²) in [6, 6.07) is -9.58. The van der Waals surface area contributed by atoms with Gasteiger partial charge in [-0.2, -0.15) is 0 Å². The number of rotatable bonds is 44. The fourth-order valence-corrected chi connectivity index (χ4v) is 8.73. The van der Waals surface area contributed by atoms with Gasteiger partial charge in [-0.25, -0.2) is 0 Å². The van der Waals surface area contributed by atoms with Crippen molar-refractivity contribution in [3.8, 4) is 5.75 Å². The number of nitrogens with two attached hydrogens (primary N) is 4. The highest BCUT2D eigenvalue weighted by Crippen LogP contribution is 2.14. The molecule has 0 aliphatic carbocycles. The number of guanidine groups is 2. The smallest absolute Gasteiger partial charge is 0.305 e. The van der Waals surface area contributed by atoms with Crippen molar-refractivity contribution in [3.05, 3.63) is 29.8 Å². The van der Waals surface area contributed by atoms with Crippen LogP contribution in [0, 0.1) is 22.7 Å². The number of aliphatic hydroxyl groups is 2. The molecule has 34 nitrogen and oxygen atoms in total. The minimum absolute atomic E-state index is 0.0199. The molecule has 0 aromatic heterocycles. The van der Waals surface area contributed by atoms with Crippen molar-refractivity contribution in [2.45, 2.75) is 172 Å². The Kier molecular flexibility index (Phi) is 36.7. The van der Waals surface area contributed by atoms with Gasteiger partial charge >= 0.3 is 5.97 Å². The molecule has 0 unspecified atom stereocenters. The van der Waals surface area contributed by atoms with E-state index in [0.717, 1.165) is 14.0 Å². The summed E-state index contributed by atoms with van der Waals surface area (Å²) >= 11 is 0. The van der Waals surface area contributed by atoms with Crippen molar-refractivity contribution in [1.82, 2.24) is 63.8 Å². The summed E-state index contributed by atoms with van der Waals surface area (Å²) in [5, 5.41) is 85.8. The molecule has 1 aromatic carbocycles. The Morgan fingerprint density at radius 2 is 0.921 bits per heavy atom. The third kappa shape index (κ3) is 31.3. The number of unbranched alkanes of at least 4 members (excludes halogenated alkanes) is 1. The number of carbonyl (C=O) groups is 11. The lowest BCUT2D eigenvalue weighted by atomic mass is 10.0. The maximum absolute atomic E-state index is 14.4. The van der Waals surface area contributed by atoms with Gasteiger partial charge in [0.05, 0.1) is 31.8 Å². The molecule has 0 saturated heterocycles. The summed E-state index contributed by atoms with van der Waals surface area (Å²) in [6.07, 6.45) is -2.10. The van der Waals surface area contributed by atoms with E-state index < -0.39 is 151 Å². The van der Waals surface area contributed by atoms with Gasteiger partial charge in [0, 0.05) is 26.6 Å². The molecule has 0 heterocycles. The second kappa shape index (κ2) is 41.6. The Morgan fingerprint density at radius 1 is 0.528 bits per heavy atom. The molecule has 11 atom stereocenters. The number of hydrogen-bond donors (Lipinski definition) is 22. The predicted octanol–water partition coefficient (Wildman–Crippen LogP) is -6.39. The first-order valence-electron chi connectivity index (χ1n) is 29.2. The van der Waals surface area contributed by atoms with E-state index in [4.69, 9.17) is 38.5 Å². The number of likely N-dealkylation sites (N-methyl/N-ethyl adjacent to an activating group) is 1. The molecule has 0 aliphatic rings. The number of aliphatic carboxylic acids is 1. The minimum Gasteiger partial charge on any atom is -0.508 e. The second-order valence-electron chi connectivity index (χ2n) is 22.1. The quantitative estimate of drug-likeness (QED) is 0.0164. The molecule has 0 radical (unpaired) electrons. The van der Waals surface area contributed by atoms with E-state index in [1.165, 1.54) is 24.3 Å². The molecule has 89 heavy (non-hydrogen) atoms. The molecule has 0 fully saturated rings. The van der Waals surface area contributed by atoms with Gasteiger partial charge in [-0.15, -0.1) is 0 Å². The number of primary amides is 1. The lowest BCUT2D eigenvalue weighted by Crippen LogP contribution is -2.63. The van der Waals surface area contributed by atoms with Crippen LogP contribution in [0.4, 0.5) is 0 Å². The molecule has 10 amide bonds. The van der Waals surface area contributed by atoms with Crippen LogP contribution in [0.1, 0.15) is 104 Å². The number of nitrogens with one attached hydrogen (secondary N) is 14. The zero-order chi connectivity index (χ0) is 67.5. The zero-order valence-corrected chi connectivity index (χ0v) is 51.6. The van der Waals surface area contributed by atoms with Gasteiger partial charge in [-0.3, -0.25) is 63.6 Å². The van der Waals surface area contributed by atoms with Crippen molar-refractivity contribution < 1.29 is 77.9 Å². The number of methoxy groups -OCH3 is 1. The maximum Gasteiger partial charge on any atom is 0.305 e. The van der Waals surface area contributed by atoms with Crippen LogP contribution in [0.25, 0.3) is 0 Å². The Labute approximate surface area is 517 Å². The highest BCUT2D eigenvalue weighted by molar-refractivity contribution is 5.99. The van der Waals surface area contributed by atoms with Gasteiger partial charge in [0.2, 0.25) is 59.1 Å². The fraction of sp³-hybridized carbons (Fsp3) is 0.655. The van der Waals surface area contributed by atoms with Crippen LogP contribution >= 0.6 is 0 Å². The number of amides is 10. The molecule has 0 saturated carbocycles. The van der Waals surface area contributed by atoms with Crippen molar-refractivity contribution in [3.63, 3.8) is 0 Å². The second-order valence-corrected chi connectivity index (χ2v) is 22.1. The summed E-state index contributed by atoms with van der Waals surface area (Å²) in [5.41, 5.74) is 22.5. The van der Waals surface area contributed by atoms with Crippen LogP contribution in [0.15, 0.2) is 24.3 Å². The third-order valence-electron chi connectivity index (χ3n) is 13.4. The molecule has 502 valence electrons. The van der Waals surface area contributed by atoms with Gasteiger partial charge in [0.15, 0.2) is 11.9 Å². The summed E-state index contributed by atoms with van der Waals surface area (Å²) < 4.78 is 5.12. The van der Waals surface area contributed by atoms with Crippen LogP contribution < -0.4 is 86.7 Å². The first kappa shape index (κ1) is 78.5. The number of carbonyl (C=O) groups excluding carboxylic acids is 10. The molecule has 0 aliphatic heterocycles. The van der Waals surface area contributed by atoms with E-state index in [0.29, 0.717) is 18.4 Å². The molecule has 0 spiro atoms. The minimum atomic E-state index is -2.03. The van der Waals surface area contributed by atoms with E-state index in [-0.39, 0.29) is 101 Å². The van der Waals surface area contributed by atoms with Gasteiger partial charge in [-0.1, -0.05) is 39.8 Å². The maximum atomic E-state index is 14.4. The number of hydrogen-bond acceptors (Lipinski definition) is 19. The highest BCUT2D eigenvalue weighted by Gasteiger charge is 2.37. The Balaban J connectivity index is 3.57. The van der Waals surface area contributed by atoms with E-state index in [2.05, 4.69) is 63.8 Å². The van der Waals surface area contributed by atoms with E-state index in [9.17, 15) is 73.2 Å². The molecule has 1 aromatic rings. The number of benzene rings is 1. The molecular formula is C55H96N18O16. The molecular weight excluding hydrogens is 1170 g/mol. The fourth-order valence-electron chi connectivity index (χ4n) is 8.73. The van der Waals surface area contributed by atoms with E-state index in [1.54, 1.807) is 20.9 Å². The average Bonchev–Trinajstić information content (AvgIpc) is 3.13. The van der Waals surface area contributed by atoms with Crippen molar-refractivity contribution >= 4 is 77.0 Å². The monoisotopic (exact) mass is 1260 g/mol. The Hall–Kier alpha value is -8.47. The van der Waals surface area contributed by atoms with E-state index in [1.807, 2.05) is 13.8 Å². The Morgan fingerprint density at radius 3 is 1.35 bits per heavy atom. The first-order chi connectivity index (χ1) is 41.9. The summed E-state index contributed by atoms with van der Waals surface area (Å²) in [4.78, 5) is 150. The molecule has 26 N–H and O–H groups in total. The predicted molar refractivity (Wildman–Crippen MR) is 324 cm³/mol. The van der Waals surface area contributed by atoms with E-state index >= 15 is 0 Å². The summed E-state index contributed by atoms with van der Waals surface area (Å²) in [7, 11) is 2.70. The lowest BCUT2D eigenvalue weighted by molar-refractivity contribution is -0.142. The van der Waals surface area contributed by atoms with Crippen LogP contribution in [0.2, 0.25) is 0 Å². The van der Waals surface area contributed by atoms with Gasteiger partial charge in [0.1, 0.15) is 60.1 Å². The van der Waals surface area contributed by atoms with Gasteiger partial charge in [0.25, 0.3) is 0 Å². The highest BCUT2D eigenvalue weighted by atomic mass is 16.5. The number of carboxylic acid groups (broad SMARTS) is 1. The van der Waals surface area contributed by atoms with Crippen LogP contribution in [0.3, 0.4) is 0 Å². The SMILES string of the molecule is CN[C@@H](CC(C)C)C(=O)N[C@@H](CCCNC(=N)N)C(=O)N[C@@H](CO)C(=O)N[C@@H](COC)C(=O)N[C@H](C(=O)N[C@@H](CC(=O)O)C(=O)N[C@@H](CCCCN)C(=O)N[C@@H](Cc1ccc(O)cc1)C(=O)N[C@@H](CCCNC(=N)N)C(=O)N[C@@H](CC(C)C)C(N)=O)[C@@H](C)O. The normalized spacial score (nSPS) is 14.8. The largest absolute Gasteiger partial charge is 0.508 e. The van der Waals surface area contributed by atoms with Gasteiger partial charge < -0.3 is 112 Å². The number of carboxylic acids is 1. The van der Waals surface area contributed by atoms with Crippen LogP contribution in [0.5, 0.6) is 5.75 Å². The molecule has 1 rings (SSSR count). The average molecular weight is 1270 g/mol. The molecule has 0 bridgehead atoms. The van der Waals surface area contributed by atoms with Crippen molar-refractivity contribution in [1.29, 1.82) is 10.8 Å². The van der Waals surface area contributed by atoms with Crippen molar-refractivity contribution in [2.24, 2.45) is 34.8 Å². The number of phenolic OH excluding ortho intramolecular Hbond substituents is 1. The van der Waals surface area contributed by atoms with Crippen LogP contribution in [-0.2, 0) is 63.9 Å².